The van der Waals surface area contributed by atoms with Crippen molar-refractivity contribution in [2.45, 2.75) is 24.9 Å². The molecule has 0 aliphatic heterocycles. The standard InChI is InChI=1S/C10H12Cl6Si2/c11-17(12,13)7-5-9-3-1-2-4-10(9)6-8-18(14,15)16/h1-4H,5-8H2. The molecule has 0 atom stereocenters. The monoisotopic (exact) mass is 398 g/mol. The van der Waals surface area contributed by atoms with Crippen LogP contribution in [0.15, 0.2) is 24.3 Å². The molecule has 0 nitrogen and oxygen atoms in total. The van der Waals surface area contributed by atoms with Gasteiger partial charge in [-0.25, -0.2) is 0 Å². The third kappa shape index (κ3) is 7.86. The van der Waals surface area contributed by atoms with Crippen molar-refractivity contribution < 1.29 is 0 Å². The molecule has 0 radical (unpaired) electrons. The molecule has 0 unspecified atom stereocenters. The van der Waals surface area contributed by atoms with Gasteiger partial charge in [-0.3, -0.25) is 0 Å². The van der Waals surface area contributed by atoms with Crippen molar-refractivity contribution in [2.75, 3.05) is 0 Å². The zero-order chi connectivity index (χ0) is 13.8. The quantitative estimate of drug-likeness (QED) is 0.400. The summed E-state index contributed by atoms with van der Waals surface area (Å²) in [6, 6.07) is 4.11. The molecule has 0 amide bonds. The fourth-order valence-electron chi connectivity index (χ4n) is 1.60. The van der Waals surface area contributed by atoms with Crippen LogP contribution < -0.4 is 0 Å². The highest BCUT2D eigenvalue weighted by Gasteiger charge is 2.26. The van der Waals surface area contributed by atoms with E-state index in [1.165, 1.54) is 11.1 Å². The predicted octanol–water partition coefficient (Wildman–Crippen LogP) is 6.08. The predicted molar refractivity (Wildman–Crippen MR) is 90.1 cm³/mol. The van der Waals surface area contributed by atoms with Gasteiger partial charge in [-0.15, -0.1) is 66.5 Å². The normalized spacial score (nSPS) is 12.8. The van der Waals surface area contributed by atoms with E-state index in [0.717, 1.165) is 12.8 Å². The first kappa shape index (κ1) is 17.4. The van der Waals surface area contributed by atoms with Crippen LogP contribution in [-0.2, 0) is 12.8 Å². The second-order valence-electron chi connectivity index (χ2n) is 4.00. The first-order valence-corrected chi connectivity index (χ1v) is 15.9. The summed E-state index contributed by atoms with van der Waals surface area (Å²) in [6.07, 6.45) is 1.53. The van der Waals surface area contributed by atoms with E-state index in [9.17, 15) is 0 Å². The topological polar surface area (TPSA) is 0 Å². The summed E-state index contributed by atoms with van der Waals surface area (Å²) in [4.78, 5) is 0. The minimum atomic E-state index is -2.58. The van der Waals surface area contributed by atoms with E-state index in [4.69, 9.17) is 66.5 Å². The van der Waals surface area contributed by atoms with Gasteiger partial charge < -0.3 is 0 Å². The highest BCUT2D eigenvalue weighted by molar-refractivity contribution is 7.65. The van der Waals surface area contributed by atoms with Gasteiger partial charge in [-0.2, -0.15) is 0 Å². The Kier molecular flexibility index (Phi) is 7.19. The van der Waals surface area contributed by atoms with Crippen molar-refractivity contribution in [1.82, 2.24) is 0 Å². The van der Waals surface area contributed by atoms with Crippen LogP contribution in [-0.4, -0.2) is 12.0 Å². The average Bonchev–Trinajstić information content (AvgIpc) is 2.22. The lowest BCUT2D eigenvalue weighted by atomic mass is 10.0. The molecule has 0 aromatic heterocycles. The molecule has 0 saturated carbocycles. The fraction of sp³-hybridized carbons (Fsp3) is 0.400. The Hall–Kier alpha value is 1.39. The lowest BCUT2D eigenvalue weighted by molar-refractivity contribution is 1.03. The van der Waals surface area contributed by atoms with Crippen molar-refractivity contribution in [3.05, 3.63) is 35.4 Å². The van der Waals surface area contributed by atoms with Crippen LogP contribution in [0, 0.1) is 0 Å². The molecule has 18 heavy (non-hydrogen) atoms. The number of rotatable bonds is 6. The largest absolute Gasteiger partial charge is 0.341 e. The van der Waals surface area contributed by atoms with E-state index in [1.54, 1.807) is 0 Å². The number of hydrogen-bond acceptors (Lipinski definition) is 0. The lowest BCUT2D eigenvalue weighted by Crippen LogP contribution is -2.12. The molecule has 0 N–H and O–H groups in total. The third-order valence-electron chi connectivity index (χ3n) is 2.47. The van der Waals surface area contributed by atoms with Gasteiger partial charge in [0.05, 0.1) is 0 Å². The van der Waals surface area contributed by atoms with Crippen molar-refractivity contribution in [3.63, 3.8) is 0 Å². The van der Waals surface area contributed by atoms with Gasteiger partial charge in [0.1, 0.15) is 0 Å². The Morgan fingerprint density at radius 2 is 1.00 bits per heavy atom. The van der Waals surface area contributed by atoms with Crippen LogP contribution in [0.2, 0.25) is 12.1 Å². The lowest BCUT2D eigenvalue weighted by Gasteiger charge is -2.13. The fourth-order valence-corrected chi connectivity index (χ4v) is 4.40. The van der Waals surface area contributed by atoms with Crippen molar-refractivity contribution >= 4 is 78.5 Å². The Balaban J connectivity index is 2.68. The van der Waals surface area contributed by atoms with E-state index in [1.807, 2.05) is 24.3 Å². The van der Waals surface area contributed by atoms with Gasteiger partial charge >= 0.3 is 12.0 Å². The van der Waals surface area contributed by atoms with Gasteiger partial charge in [0.2, 0.25) is 0 Å². The molecular weight excluding hydrogens is 389 g/mol. The minimum Gasteiger partial charge on any atom is -0.126 e. The van der Waals surface area contributed by atoms with Gasteiger partial charge in [0, 0.05) is 0 Å². The van der Waals surface area contributed by atoms with Gasteiger partial charge in [-0.1, -0.05) is 24.3 Å². The van der Waals surface area contributed by atoms with Gasteiger partial charge in [0.25, 0.3) is 0 Å². The smallest absolute Gasteiger partial charge is 0.126 e. The van der Waals surface area contributed by atoms with Crippen molar-refractivity contribution in [1.29, 1.82) is 0 Å². The summed E-state index contributed by atoms with van der Waals surface area (Å²) < 4.78 is 0. The molecule has 0 bridgehead atoms. The summed E-state index contributed by atoms with van der Waals surface area (Å²) in [5.41, 5.74) is 2.36. The molecule has 1 aromatic rings. The molecule has 0 saturated heterocycles. The third-order valence-corrected chi connectivity index (χ3v) is 7.51. The highest BCUT2D eigenvalue weighted by Crippen LogP contribution is 2.30. The molecule has 0 spiro atoms. The Morgan fingerprint density at radius 3 is 1.28 bits per heavy atom. The van der Waals surface area contributed by atoms with E-state index in [0.29, 0.717) is 12.1 Å². The van der Waals surface area contributed by atoms with E-state index in [-0.39, 0.29) is 0 Å². The molecule has 1 rings (SSSR count). The number of benzene rings is 1. The zero-order valence-corrected chi connectivity index (χ0v) is 15.9. The average molecular weight is 401 g/mol. The van der Waals surface area contributed by atoms with Crippen LogP contribution in [0.5, 0.6) is 0 Å². The maximum Gasteiger partial charge on any atom is 0.341 e. The molecule has 0 aliphatic rings. The first-order chi connectivity index (χ1) is 8.17. The van der Waals surface area contributed by atoms with Crippen LogP contribution in [0.4, 0.5) is 0 Å². The molecule has 8 heteroatoms. The van der Waals surface area contributed by atoms with Crippen LogP contribution in [0.3, 0.4) is 0 Å². The van der Waals surface area contributed by atoms with Gasteiger partial charge in [0.15, 0.2) is 0 Å². The molecule has 0 fully saturated rings. The van der Waals surface area contributed by atoms with Crippen molar-refractivity contribution in [3.8, 4) is 0 Å². The summed E-state index contributed by atoms with van der Waals surface area (Å²) >= 11 is 35.4. The Bertz CT molecular complexity index is 348. The zero-order valence-electron chi connectivity index (χ0n) is 9.41. The van der Waals surface area contributed by atoms with Crippen LogP contribution >= 0.6 is 66.5 Å². The molecule has 1 aromatic carbocycles. The molecular formula is C10H12Cl6Si2. The second kappa shape index (κ2) is 7.42. The summed E-state index contributed by atoms with van der Waals surface area (Å²) in [5, 5.41) is 0. The number of hydrogen-bond donors (Lipinski definition) is 0. The van der Waals surface area contributed by atoms with E-state index in [2.05, 4.69) is 0 Å². The number of halogens is 6. The SMILES string of the molecule is Cl[Si](Cl)(Cl)CCc1ccccc1CC[Si](Cl)(Cl)Cl. The molecule has 0 aliphatic carbocycles. The van der Waals surface area contributed by atoms with E-state index < -0.39 is 12.0 Å². The Labute approximate surface area is 138 Å². The summed E-state index contributed by atoms with van der Waals surface area (Å²) in [5.74, 6) is 0. The maximum atomic E-state index is 5.90. The first-order valence-electron chi connectivity index (χ1n) is 5.38. The minimum absolute atomic E-state index is 0.611. The highest BCUT2D eigenvalue weighted by atomic mass is 35.8. The van der Waals surface area contributed by atoms with Gasteiger partial charge in [-0.05, 0) is 36.1 Å². The Morgan fingerprint density at radius 1 is 0.667 bits per heavy atom. The maximum absolute atomic E-state index is 5.90. The number of aryl methyl sites for hydroxylation is 2. The van der Waals surface area contributed by atoms with Crippen molar-refractivity contribution in [2.24, 2.45) is 0 Å². The summed E-state index contributed by atoms with van der Waals surface area (Å²) in [7, 11) is 0. The van der Waals surface area contributed by atoms with Crippen LogP contribution in [0.25, 0.3) is 0 Å². The summed E-state index contributed by atoms with van der Waals surface area (Å²) in [6.45, 7) is 0. The molecule has 102 valence electrons. The second-order valence-corrected chi connectivity index (χ2v) is 22.6. The van der Waals surface area contributed by atoms with Crippen LogP contribution in [0.1, 0.15) is 11.1 Å². The molecule has 0 heterocycles. The van der Waals surface area contributed by atoms with E-state index >= 15 is 0 Å².